The molecule has 3 nitrogen and oxygen atoms in total. The number of nitrogens with two attached hydrogens (primary N) is 1. The van der Waals surface area contributed by atoms with Crippen LogP contribution in [-0.2, 0) is 6.42 Å². The molecular weight excluding hydrogens is 242 g/mol. The van der Waals surface area contributed by atoms with Gasteiger partial charge >= 0.3 is 0 Å². The third-order valence-corrected chi connectivity index (χ3v) is 4.91. The van der Waals surface area contributed by atoms with E-state index in [1.807, 2.05) is 0 Å². The lowest BCUT2D eigenvalue weighted by atomic mass is 9.93. The van der Waals surface area contributed by atoms with Crippen LogP contribution < -0.4 is 5.73 Å². The summed E-state index contributed by atoms with van der Waals surface area (Å²) in [4.78, 5) is 5.99. The Morgan fingerprint density at radius 3 is 2.83 bits per heavy atom. The molecule has 2 N–H and O–H groups in total. The summed E-state index contributed by atoms with van der Waals surface area (Å²) in [6, 6.07) is 2.45. The third kappa shape index (κ3) is 1.71. The Labute approximate surface area is 112 Å². The lowest BCUT2D eigenvalue weighted by molar-refractivity contribution is 0.559. The van der Waals surface area contributed by atoms with E-state index in [4.69, 9.17) is 5.73 Å². The number of fused-ring (bicyclic) bond motifs is 1. The second kappa shape index (κ2) is 4.21. The summed E-state index contributed by atoms with van der Waals surface area (Å²) in [7, 11) is 0. The molecule has 2 aromatic heterocycles. The van der Waals surface area contributed by atoms with Crippen molar-refractivity contribution in [1.29, 1.82) is 0 Å². The predicted octanol–water partition coefficient (Wildman–Crippen LogP) is 3.20. The largest absolute Gasteiger partial charge is 0.324 e. The Balaban J connectivity index is 2.17. The topological polar surface area (TPSA) is 43.8 Å². The summed E-state index contributed by atoms with van der Waals surface area (Å²) >= 11 is 1.77. The maximum absolute atomic E-state index is 6.21. The molecule has 0 saturated carbocycles. The highest BCUT2D eigenvalue weighted by Gasteiger charge is 2.23. The summed E-state index contributed by atoms with van der Waals surface area (Å²) in [6.45, 7) is 6.36. The van der Waals surface area contributed by atoms with Crippen molar-refractivity contribution < 1.29 is 0 Å². The highest BCUT2D eigenvalue weighted by atomic mass is 32.1. The average molecular weight is 261 g/mol. The molecule has 0 aliphatic heterocycles. The zero-order valence-corrected chi connectivity index (χ0v) is 12.0. The van der Waals surface area contributed by atoms with Gasteiger partial charge in [-0.25, -0.2) is 4.98 Å². The molecule has 3 rings (SSSR count). The molecule has 0 saturated heterocycles. The number of hydrogen-bond donors (Lipinski definition) is 1. The fourth-order valence-electron chi connectivity index (χ4n) is 2.75. The summed E-state index contributed by atoms with van der Waals surface area (Å²) in [5, 5.41) is 1.10. The molecule has 0 bridgehead atoms. The molecule has 1 aliphatic carbocycles. The molecule has 0 fully saturated rings. The highest BCUT2D eigenvalue weighted by molar-refractivity contribution is 7.14. The molecule has 1 atom stereocenters. The average Bonchev–Trinajstić information content (AvgIpc) is 2.81. The Hall–Kier alpha value is -1.13. The molecule has 0 amide bonds. The number of rotatable bonds is 1. The van der Waals surface area contributed by atoms with Crippen LogP contribution in [0.4, 0.5) is 0 Å². The van der Waals surface area contributed by atoms with E-state index in [0.717, 1.165) is 23.7 Å². The van der Waals surface area contributed by atoms with Crippen LogP contribution in [0.1, 0.15) is 46.4 Å². The zero-order valence-electron chi connectivity index (χ0n) is 11.2. The minimum atomic E-state index is 0.204. The van der Waals surface area contributed by atoms with Gasteiger partial charge in [0.05, 0.1) is 5.69 Å². The molecule has 4 heteroatoms. The first-order chi connectivity index (χ1) is 8.58. The first-order valence-corrected chi connectivity index (χ1v) is 7.30. The number of hydrogen-bond acceptors (Lipinski definition) is 3. The van der Waals surface area contributed by atoms with Crippen LogP contribution >= 0.6 is 11.3 Å². The van der Waals surface area contributed by atoms with E-state index in [0.29, 0.717) is 0 Å². The molecular formula is C14H19N3S. The standard InChI is InChI=1S/C14H19N3S/c1-8-7-11-12(15)5-4-6-13(11)17(8)14-16-9(2)10(3)18-14/h7,12H,4-6,15H2,1-3H3. The minimum absolute atomic E-state index is 0.204. The molecule has 2 heterocycles. The minimum Gasteiger partial charge on any atom is -0.324 e. The number of thiazole rings is 1. The Bertz CT molecular complexity index is 575. The molecule has 0 aromatic carbocycles. The van der Waals surface area contributed by atoms with Crippen molar-refractivity contribution in [2.75, 3.05) is 0 Å². The van der Waals surface area contributed by atoms with Crippen LogP contribution in [0.25, 0.3) is 5.13 Å². The monoisotopic (exact) mass is 261 g/mol. The van der Waals surface area contributed by atoms with Crippen LogP contribution in [0.2, 0.25) is 0 Å². The third-order valence-electron chi connectivity index (χ3n) is 3.86. The molecule has 1 unspecified atom stereocenters. The van der Waals surface area contributed by atoms with E-state index >= 15 is 0 Å². The van der Waals surface area contributed by atoms with Crippen molar-refractivity contribution in [1.82, 2.24) is 9.55 Å². The van der Waals surface area contributed by atoms with Crippen molar-refractivity contribution in [3.63, 3.8) is 0 Å². The van der Waals surface area contributed by atoms with Gasteiger partial charge in [-0.15, -0.1) is 11.3 Å². The van der Waals surface area contributed by atoms with E-state index in [1.165, 1.54) is 28.2 Å². The normalized spacial score (nSPS) is 19.0. The van der Waals surface area contributed by atoms with Crippen molar-refractivity contribution in [3.05, 3.63) is 33.6 Å². The van der Waals surface area contributed by atoms with E-state index < -0.39 is 0 Å². The van der Waals surface area contributed by atoms with Gasteiger partial charge < -0.3 is 5.73 Å². The summed E-state index contributed by atoms with van der Waals surface area (Å²) in [5.74, 6) is 0. The van der Waals surface area contributed by atoms with Crippen molar-refractivity contribution >= 4 is 11.3 Å². The Morgan fingerprint density at radius 1 is 1.39 bits per heavy atom. The van der Waals surface area contributed by atoms with Gasteiger partial charge in [0.15, 0.2) is 5.13 Å². The van der Waals surface area contributed by atoms with E-state index in [2.05, 4.69) is 36.4 Å². The highest BCUT2D eigenvalue weighted by Crippen LogP contribution is 2.34. The van der Waals surface area contributed by atoms with E-state index in [1.54, 1.807) is 11.3 Å². The predicted molar refractivity (Wildman–Crippen MR) is 75.5 cm³/mol. The van der Waals surface area contributed by atoms with Crippen molar-refractivity contribution in [2.45, 2.75) is 46.1 Å². The molecule has 0 spiro atoms. The van der Waals surface area contributed by atoms with Crippen molar-refractivity contribution in [3.8, 4) is 5.13 Å². The molecule has 0 radical (unpaired) electrons. The van der Waals surface area contributed by atoms with Gasteiger partial charge in [-0.2, -0.15) is 0 Å². The fraction of sp³-hybridized carbons (Fsp3) is 0.500. The lowest BCUT2D eigenvalue weighted by Gasteiger charge is -2.20. The van der Waals surface area contributed by atoms with E-state index in [-0.39, 0.29) is 6.04 Å². The SMILES string of the molecule is Cc1nc(-n2c(C)cc3c2CCCC3N)sc1C. The van der Waals surface area contributed by atoms with Gasteiger partial charge in [-0.3, -0.25) is 4.57 Å². The van der Waals surface area contributed by atoms with Gasteiger partial charge in [-0.05, 0) is 51.7 Å². The van der Waals surface area contributed by atoms with Gasteiger partial charge in [0, 0.05) is 22.3 Å². The first-order valence-electron chi connectivity index (χ1n) is 6.49. The fourth-order valence-corrected chi connectivity index (χ4v) is 3.75. The molecule has 2 aromatic rings. The quantitative estimate of drug-likeness (QED) is 0.856. The van der Waals surface area contributed by atoms with Crippen LogP contribution in [0.15, 0.2) is 6.07 Å². The lowest BCUT2D eigenvalue weighted by Crippen LogP contribution is -2.17. The maximum atomic E-state index is 6.21. The smallest absolute Gasteiger partial charge is 0.194 e. The Kier molecular flexibility index (Phi) is 2.79. The summed E-state index contributed by atoms with van der Waals surface area (Å²) in [6.07, 6.45) is 3.40. The molecule has 1 aliphatic rings. The second-order valence-electron chi connectivity index (χ2n) is 5.16. The second-order valence-corrected chi connectivity index (χ2v) is 6.34. The Morgan fingerprint density at radius 2 is 2.17 bits per heavy atom. The molecule has 96 valence electrons. The first kappa shape index (κ1) is 11.9. The van der Waals surface area contributed by atoms with Gasteiger partial charge in [0.25, 0.3) is 0 Å². The van der Waals surface area contributed by atoms with E-state index in [9.17, 15) is 0 Å². The zero-order chi connectivity index (χ0) is 12.9. The summed E-state index contributed by atoms with van der Waals surface area (Å²) in [5.41, 5.74) is 11.3. The van der Waals surface area contributed by atoms with Gasteiger partial charge in [-0.1, -0.05) is 0 Å². The van der Waals surface area contributed by atoms with Crippen LogP contribution in [-0.4, -0.2) is 9.55 Å². The van der Waals surface area contributed by atoms with Gasteiger partial charge in [0.2, 0.25) is 0 Å². The number of aromatic nitrogens is 2. The van der Waals surface area contributed by atoms with Crippen LogP contribution in [0.5, 0.6) is 0 Å². The maximum Gasteiger partial charge on any atom is 0.194 e. The van der Waals surface area contributed by atoms with Crippen LogP contribution in [0.3, 0.4) is 0 Å². The number of aryl methyl sites for hydroxylation is 3. The van der Waals surface area contributed by atoms with Crippen LogP contribution in [0, 0.1) is 20.8 Å². The van der Waals surface area contributed by atoms with Gasteiger partial charge in [0.1, 0.15) is 0 Å². The summed E-state index contributed by atoms with van der Waals surface area (Å²) < 4.78 is 2.30. The molecule has 18 heavy (non-hydrogen) atoms. The van der Waals surface area contributed by atoms with Crippen molar-refractivity contribution in [2.24, 2.45) is 5.73 Å². The number of nitrogens with zero attached hydrogens (tertiary/aromatic N) is 2.